The molecule has 7 heteroatoms. The summed E-state index contributed by atoms with van der Waals surface area (Å²) in [5.74, 6) is -1.72. The molecule has 0 spiro atoms. The van der Waals surface area contributed by atoms with E-state index >= 15 is 0 Å². The Morgan fingerprint density at radius 1 is 1.44 bits per heavy atom. The number of aliphatic hydroxyl groups is 1. The highest BCUT2D eigenvalue weighted by Crippen LogP contribution is 2.23. The van der Waals surface area contributed by atoms with Crippen molar-refractivity contribution in [1.29, 1.82) is 0 Å². The number of aliphatic hydroxyl groups excluding tert-OH is 1. The largest absolute Gasteiger partial charge is 0.480 e. The van der Waals surface area contributed by atoms with Crippen molar-refractivity contribution >= 4 is 39.4 Å². The second-order valence-corrected chi connectivity index (χ2v) is 4.77. The van der Waals surface area contributed by atoms with Crippen LogP contribution < -0.4 is 5.32 Å². The number of carbonyl (C=O) groups excluding carboxylic acids is 1. The van der Waals surface area contributed by atoms with Crippen molar-refractivity contribution < 1.29 is 19.8 Å². The predicted molar refractivity (Wildman–Crippen MR) is 69.7 cm³/mol. The molecule has 0 heterocycles. The molecule has 0 aromatic heterocycles. The number of amides is 1. The molecule has 0 saturated carbocycles. The van der Waals surface area contributed by atoms with Gasteiger partial charge in [0.2, 0.25) is 0 Å². The second kappa shape index (κ2) is 6.72. The molecule has 98 valence electrons. The highest BCUT2D eigenvalue weighted by atomic mass is 79.9. The molecule has 5 nitrogen and oxygen atoms in total. The SMILES string of the molecule is O=C(NC(CCO)C(=O)O)c1ccc(Cl)c(Br)c1. The van der Waals surface area contributed by atoms with Gasteiger partial charge in [0.1, 0.15) is 6.04 Å². The molecule has 1 aromatic carbocycles. The maximum atomic E-state index is 11.8. The lowest BCUT2D eigenvalue weighted by Gasteiger charge is -2.13. The van der Waals surface area contributed by atoms with Gasteiger partial charge in [-0.1, -0.05) is 11.6 Å². The average molecular weight is 337 g/mol. The number of nitrogens with one attached hydrogen (secondary N) is 1. The summed E-state index contributed by atoms with van der Waals surface area (Å²) < 4.78 is 0.547. The van der Waals surface area contributed by atoms with E-state index in [1.165, 1.54) is 18.2 Å². The molecule has 3 N–H and O–H groups in total. The van der Waals surface area contributed by atoms with E-state index in [1.54, 1.807) is 0 Å². The van der Waals surface area contributed by atoms with Gasteiger partial charge in [-0.15, -0.1) is 0 Å². The first-order chi connectivity index (χ1) is 8.45. The third kappa shape index (κ3) is 3.97. The lowest BCUT2D eigenvalue weighted by molar-refractivity contribution is -0.139. The van der Waals surface area contributed by atoms with Crippen molar-refractivity contribution in [3.05, 3.63) is 33.3 Å². The van der Waals surface area contributed by atoms with Crippen LogP contribution in [0, 0.1) is 0 Å². The van der Waals surface area contributed by atoms with Gasteiger partial charge in [0.15, 0.2) is 0 Å². The maximum Gasteiger partial charge on any atom is 0.326 e. The molecule has 0 aliphatic carbocycles. The van der Waals surface area contributed by atoms with Gasteiger partial charge in [0, 0.05) is 23.1 Å². The minimum atomic E-state index is -1.19. The van der Waals surface area contributed by atoms with E-state index in [0.29, 0.717) is 9.50 Å². The number of carboxylic acids is 1. The first kappa shape index (κ1) is 14.9. The van der Waals surface area contributed by atoms with E-state index in [9.17, 15) is 9.59 Å². The predicted octanol–water partition coefficient (Wildman–Crippen LogP) is 1.67. The molecule has 0 bridgehead atoms. The molecule has 0 aliphatic rings. The minimum absolute atomic E-state index is 0.0458. The summed E-state index contributed by atoms with van der Waals surface area (Å²) in [6.07, 6.45) is -0.0458. The highest BCUT2D eigenvalue weighted by molar-refractivity contribution is 9.10. The molecule has 0 radical (unpaired) electrons. The highest BCUT2D eigenvalue weighted by Gasteiger charge is 2.20. The second-order valence-electron chi connectivity index (χ2n) is 3.51. The van der Waals surface area contributed by atoms with E-state index in [1.807, 2.05) is 0 Å². The van der Waals surface area contributed by atoms with Gasteiger partial charge in [-0.2, -0.15) is 0 Å². The molecule has 0 fully saturated rings. The van der Waals surface area contributed by atoms with Crippen LogP contribution in [0.15, 0.2) is 22.7 Å². The van der Waals surface area contributed by atoms with Crippen molar-refractivity contribution in [1.82, 2.24) is 5.32 Å². The van der Waals surface area contributed by atoms with Crippen molar-refractivity contribution in [3.8, 4) is 0 Å². The average Bonchev–Trinajstić information content (AvgIpc) is 2.31. The first-order valence-corrected chi connectivity index (χ1v) is 6.22. The summed E-state index contributed by atoms with van der Waals surface area (Å²) in [4.78, 5) is 22.6. The monoisotopic (exact) mass is 335 g/mol. The van der Waals surface area contributed by atoms with Crippen molar-refractivity contribution in [2.24, 2.45) is 0 Å². The quantitative estimate of drug-likeness (QED) is 0.763. The first-order valence-electron chi connectivity index (χ1n) is 5.05. The van der Waals surface area contributed by atoms with Gasteiger partial charge in [-0.25, -0.2) is 4.79 Å². The summed E-state index contributed by atoms with van der Waals surface area (Å²) in [6.45, 7) is -0.318. The van der Waals surface area contributed by atoms with Crippen molar-refractivity contribution in [3.63, 3.8) is 0 Å². The minimum Gasteiger partial charge on any atom is -0.480 e. The van der Waals surface area contributed by atoms with Crippen molar-refractivity contribution in [2.45, 2.75) is 12.5 Å². The molecule has 1 atom stereocenters. The summed E-state index contributed by atoms with van der Waals surface area (Å²) >= 11 is 8.96. The van der Waals surface area contributed by atoms with Gasteiger partial charge in [-0.3, -0.25) is 4.79 Å². The Balaban J connectivity index is 2.80. The van der Waals surface area contributed by atoms with E-state index in [-0.39, 0.29) is 18.6 Å². The van der Waals surface area contributed by atoms with Crippen molar-refractivity contribution in [2.75, 3.05) is 6.61 Å². The normalized spacial score (nSPS) is 11.9. The van der Waals surface area contributed by atoms with E-state index in [2.05, 4.69) is 21.2 Å². The van der Waals surface area contributed by atoms with Crippen LogP contribution in [0.4, 0.5) is 0 Å². The topological polar surface area (TPSA) is 86.6 Å². The van der Waals surface area contributed by atoms with E-state index < -0.39 is 17.9 Å². The lowest BCUT2D eigenvalue weighted by Crippen LogP contribution is -2.41. The summed E-state index contributed by atoms with van der Waals surface area (Å²) in [5, 5.41) is 20.3. The zero-order valence-corrected chi connectivity index (χ0v) is 11.5. The Hall–Kier alpha value is -1.11. The number of benzene rings is 1. The summed E-state index contributed by atoms with van der Waals surface area (Å²) in [6, 6.07) is 3.40. The fourth-order valence-electron chi connectivity index (χ4n) is 1.27. The molecular formula is C11H11BrClNO4. The molecule has 1 aromatic rings. The fraction of sp³-hybridized carbons (Fsp3) is 0.273. The van der Waals surface area contributed by atoms with Crippen LogP contribution in [0.5, 0.6) is 0 Å². The Kier molecular flexibility index (Phi) is 5.58. The van der Waals surface area contributed by atoms with Crippen LogP contribution in [0.1, 0.15) is 16.8 Å². The third-order valence-electron chi connectivity index (χ3n) is 2.20. The van der Waals surface area contributed by atoms with E-state index in [0.717, 1.165) is 0 Å². The Morgan fingerprint density at radius 2 is 2.11 bits per heavy atom. The third-order valence-corrected chi connectivity index (χ3v) is 3.42. The van der Waals surface area contributed by atoms with Crippen LogP contribution in [-0.2, 0) is 4.79 Å². The van der Waals surface area contributed by atoms with Crippen LogP contribution in [0.25, 0.3) is 0 Å². The standard InChI is InChI=1S/C11H11BrClNO4/c12-7-5-6(1-2-8(7)13)10(16)14-9(3-4-15)11(17)18/h1-2,5,9,15H,3-4H2,(H,14,16)(H,17,18). The lowest BCUT2D eigenvalue weighted by atomic mass is 10.1. The maximum absolute atomic E-state index is 11.8. The van der Waals surface area contributed by atoms with Crippen LogP contribution in [0.3, 0.4) is 0 Å². The van der Waals surface area contributed by atoms with Gasteiger partial charge in [-0.05, 0) is 34.1 Å². The molecule has 1 unspecified atom stereocenters. The molecule has 1 rings (SSSR count). The summed E-state index contributed by atoms with van der Waals surface area (Å²) in [5.41, 5.74) is 0.287. The number of hydrogen-bond acceptors (Lipinski definition) is 3. The number of carbonyl (C=O) groups is 2. The van der Waals surface area contributed by atoms with Gasteiger partial charge in [0.05, 0.1) is 5.02 Å². The molecule has 1 amide bonds. The molecule has 0 saturated heterocycles. The smallest absolute Gasteiger partial charge is 0.326 e. The molecular weight excluding hydrogens is 325 g/mol. The fourth-order valence-corrected chi connectivity index (χ4v) is 1.76. The van der Waals surface area contributed by atoms with Gasteiger partial charge < -0.3 is 15.5 Å². The summed E-state index contributed by atoms with van der Waals surface area (Å²) in [7, 11) is 0. The van der Waals surface area contributed by atoms with Gasteiger partial charge in [0.25, 0.3) is 5.91 Å². The van der Waals surface area contributed by atoms with E-state index in [4.69, 9.17) is 21.8 Å². The number of rotatable bonds is 5. The number of halogens is 2. The Morgan fingerprint density at radius 3 is 2.61 bits per heavy atom. The van der Waals surface area contributed by atoms with Crippen LogP contribution in [-0.4, -0.2) is 34.7 Å². The number of aliphatic carboxylic acids is 1. The number of carboxylic acid groups (broad SMARTS) is 1. The van der Waals surface area contributed by atoms with Crippen LogP contribution in [0.2, 0.25) is 5.02 Å². The zero-order valence-electron chi connectivity index (χ0n) is 9.19. The molecule has 18 heavy (non-hydrogen) atoms. The van der Waals surface area contributed by atoms with Crippen LogP contribution >= 0.6 is 27.5 Å². The zero-order chi connectivity index (χ0) is 13.7. The Bertz CT molecular complexity index is 466. The number of hydrogen-bond donors (Lipinski definition) is 3. The molecule has 0 aliphatic heterocycles. The Labute approximate surface area is 117 Å². The van der Waals surface area contributed by atoms with Gasteiger partial charge >= 0.3 is 5.97 Å².